The number of nitrogens with one attached hydrogen (secondary N) is 2. The fourth-order valence-corrected chi connectivity index (χ4v) is 2.96. The third kappa shape index (κ3) is 5.01. The van der Waals surface area contributed by atoms with Gasteiger partial charge < -0.3 is 19.5 Å². The molecule has 3 aromatic rings. The molecular formula is C23H20N4O5. The Hall–Kier alpha value is -4.40. The lowest BCUT2D eigenvalue weighted by atomic mass is 10.2. The fraction of sp³-hybridized carbons (Fsp3) is 0.130. The van der Waals surface area contributed by atoms with Crippen molar-refractivity contribution < 1.29 is 23.8 Å². The van der Waals surface area contributed by atoms with Gasteiger partial charge in [-0.3, -0.25) is 15.1 Å². The van der Waals surface area contributed by atoms with Gasteiger partial charge in [0.2, 0.25) is 12.8 Å². The van der Waals surface area contributed by atoms with E-state index < -0.39 is 5.97 Å². The van der Waals surface area contributed by atoms with Gasteiger partial charge in [0.1, 0.15) is 0 Å². The normalized spacial score (nSPS) is 12.2. The smallest absolute Gasteiger partial charge is 0.337 e. The number of aromatic nitrogens is 1. The number of benzene rings is 2. The van der Waals surface area contributed by atoms with E-state index in [1.54, 1.807) is 54.9 Å². The van der Waals surface area contributed by atoms with Crippen LogP contribution in [0.25, 0.3) is 0 Å². The van der Waals surface area contributed by atoms with E-state index in [0.717, 1.165) is 5.56 Å². The lowest BCUT2D eigenvalue weighted by Gasteiger charge is -2.13. The maximum atomic E-state index is 12.9. The molecule has 0 saturated heterocycles. The lowest BCUT2D eigenvalue weighted by molar-refractivity contribution is 0.0600. The van der Waals surface area contributed by atoms with E-state index in [-0.39, 0.29) is 18.7 Å². The zero-order valence-electron chi connectivity index (χ0n) is 17.2. The minimum absolute atomic E-state index is 0.122. The molecule has 32 heavy (non-hydrogen) atoms. The van der Waals surface area contributed by atoms with Gasteiger partial charge in [-0.1, -0.05) is 6.07 Å². The van der Waals surface area contributed by atoms with Gasteiger partial charge in [0.05, 0.1) is 19.2 Å². The minimum Gasteiger partial charge on any atom is -0.465 e. The number of fused-ring (bicyclic) bond motifs is 1. The standard InChI is InChI=1S/C23H20N4O5/c1-30-22(29)17-3-2-4-18(11-17)26-23(25-13-15-7-9-24-10-8-15)27-21(28)16-5-6-19-20(12-16)32-14-31-19/h2-12H,13-14H2,1H3,(H2,25,26,27,28). The summed E-state index contributed by atoms with van der Waals surface area (Å²) in [5.41, 5.74) is 2.23. The molecule has 2 N–H and O–H groups in total. The van der Waals surface area contributed by atoms with Crippen LogP contribution in [0.1, 0.15) is 26.3 Å². The van der Waals surface area contributed by atoms with E-state index in [1.165, 1.54) is 7.11 Å². The van der Waals surface area contributed by atoms with E-state index in [2.05, 4.69) is 20.6 Å². The number of aliphatic imine (C=N–C) groups is 1. The Bertz CT molecular complexity index is 1160. The highest BCUT2D eigenvalue weighted by Crippen LogP contribution is 2.32. The van der Waals surface area contributed by atoms with Gasteiger partial charge in [0, 0.05) is 23.6 Å². The van der Waals surface area contributed by atoms with Crippen LogP contribution in [0.3, 0.4) is 0 Å². The molecule has 1 aromatic heterocycles. The van der Waals surface area contributed by atoms with Crippen molar-refractivity contribution in [2.45, 2.75) is 6.54 Å². The van der Waals surface area contributed by atoms with Crippen LogP contribution < -0.4 is 20.1 Å². The van der Waals surface area contributed by atoms with Crippen molar-refractivity contribution in [3.8, 4) is 11.5 Å². The molecule has 0 atom stereocenters. The Morgan fingerprint density at radius 1 is 1.03 bits per heavy atom. The number of guanidine groups is 1. The molecule has 9 heteroatoms. The summed E-state index contributed by atoms with van der Waals surface area (Å²) in [6.45, 7) is 0.431. The Labute approximate surface area is 184 Å². The summed E-state index contributed by atoms with van der Waals surface area (Å²) in [6, 6.07) is 15.3. The molecule has 0 unspecified atom stereocenters. The van der Waals surface area contributed by atoms with E-state index >= 15 is 0 Å². The SMILES string of the molecule is COC(=O)c1cccc(NC(=NCc2ccncc2)NC(=O)c2ccc3c(c2)OCO3)c1. The third-order valence-corrected chi connectivity index (χ3v) is 4.58. The molecule has 0 spiro atoms. The van der Waals surface area contributed by atoms with Crippen LogP contribution in [0.2, 0.25) is 0 Å². The quantitative estimate of drug-likeness (QED) is 0.362. The number of ether oxygens (including phenoxy) is 3. The monoisotopic (exact) mass is 432 g/mol. The summed E-state index contributed by atoms with van der Waals surface area (Å²) < 4.78 is 15.4. The number of pyridine rings is 1. The highest BCUT2D eigenvalue weighted by atomic mass is 16.7. The molecule has 9 nitrogen and oxygen atoms in total. The summed E-state index contributed by atoms with van der Waals surface area (Å²) in [7, 11) is 1.32. The van der Waals surface area contributed by atoms with E-state index in [1.807, 2.05) is 12.1 Å². The van der Waals surface area contributed by atoms with E-state index in [0.29, 0.717) is 34.9 Å². The van der Waals surface area contributed by atoms with Gasteiger partial charge in [-0.2, -0.15) is 0 Å². The van der Waals surface area contributed by atoms with Crippen LogP contribution >= 0.6 is 0 Å². The van der Waals surface area contributed by atoms with Gasteiger partial charge in [0.15, 0.2) is 11.5 Å². The molecule has 162 valence electrons. The molecule has 0 radical (unpaired) electrons. The molecule has 0 aliphatic carbocycles. The van der Waals surface area contributed by atoms with Crippen LogP contribution in [0, 0.1) is 0 Å². The second-order valence-electron chi connectivity index (χ2n) is 6.74. The predicted octanol–water partition coefficient (Wildman–Crippen LogP) is 3.00. The number of carbonyl (C=O) groups is 2. The van der Waals surface area contributed by atoms with Crippen molar-refractivity contribution in [2.24, 2.45) is 4.99 Å². The van der Waals surface area contributed by atoms with Crippen molar-refractivity contribution in [3.63, 3.8) is 0 Å². The topological polar surface area (TPSA) is 111 Å². The Morgan fingerprint density at radius 3 is 2.66 bits per heavy atom. The summed E-state index contributed by atoms with van der Waals surface area (Å²) in [4.78, 5) is 33.2. The van der Waals surface area contributed by atoms with Gasteiger partial charge in [-0.25, -0.2) is 9.79 Å². The number of nitrogens with zero attached hydrogens (tertiary/aromatic N) is 2. The second-order valence-corrected chi connectivity index (χ2v) is 6.74. The van der Waals surface area contributed by atoms with Crippen molar-refractivity contribution >= 4 is 23.5 Å². The predicted molar refractivity (Wildman–Crippen MR) is 117 cm³/mol. The van der Waals surface area contributed by atoms with Crippen LogP contribution in [0.4, 0.5) is 5.69 Å². The van der Waals surface area contributed by atoms with E-state index in [4.69, 9.17) is 14.2 Å². The zero-order chi connectivity index (χ0) is 22.3. The summed E-state index contributed by atoms with van der Waals surface area (Å²) >= 11 is 0. The van der Waals surface area contributed by atoms with Crippen LogP contribution in [0.15, 0.2) is 72.0 Å². The maximum Gasteiger partial charge on any atom is 0.337 e. The number of rotatable bonds is 5. The first kappa shape index (κ1) is 20.9. The molecule has 0 saturated carbocycles. The zero-order valence-corrected chi connectivity index (χ0v) is 17.2. The fourth-order valence-electron chi connectivity index (χ4n) is 2.96. The van der Waals surface area contributed by atoms with E-state index in [9.17, 15) is 9.59 Å². The van der Waals surface area contributed by atoms with Gasteiger partial charge >= 0.3 is 5.97 Å². The Morgan fingerprint density at radius 2 is 1.84 bits per heavy atom. The van der Waals surface area contributed by atoms with Crippen LogP contribution in [0.5, 0.6) is 11.5 Å². The number of hydrogen-bond donors (Lipinski definition) is 2. The number of amides is 1. The first-order chi connectivity index (χ1) is 15.6. The first-order valence-electron chi connectivity index (χ1n) is 9.72. The van der Waals surface area contributed by atoms with Crippen molar-refractivity contribution in [3.05, 3.63) is 83.7 Å². The molecule has 1 aliphatic rings. The summed E-state index contributed by atoms with van der Waals surface area (Å²) in [5.74, 6) is 0.464. The van der Waals surface area contributed by atoms with Gasteiger partial charge in [-0.05, 0) is 54.1 Å². The van der Waals surface area contributed by atoms with Gasteiger partial charge in [-0.15, -0.1) is 0 Å². The van der Waals surface area contributed by atoms with Crippen molar-refractivity contribution in [2.75, 3.05) is 19.2 Å². The highest BCUT2D eigenvalue weighted by molar-refractivity contribution is 6.10. The largest absolute Gasteiger partial charge is 0.465 e. The number of hydrogen-bond acceptors (Lipinski definition) is 7. The molecule has 0 fully saturated rings. The number of methoxy groups -OCH3 is 1. The molecule has 2 heterocycles. The first-order valence-corrected chi connectivity index (χ1v) is 9.72. The maximum absolute atomic E-state index is 12.9. The molecule has 4 rings (SSSR count). The molecule has 0 bridgehead atoms. The number of carbonyl (C=O) groups excluding carboxylic acids is 2. The average Bonchev–Trinajstić information content (AvgIpc) is 3.31. The van der Waals surface area contributed by atoms with Crippen molar-refractivity contribution in [1.29, 1.82) is 0 Å². The number of esters is 1. The Kier molecular flexibility index (Phi) is 6.26. The van der Waals surface area contributed by atoms with Crippen molar-refractivity contribution in [1.82, 2.24) is 10.3 Å². The lowest BCUT2D eigenvalue weighted by Crippen LogP contribution is -2.36. The Balaban J connectivity index is 1.56. The third-order valence-electron chi connectivity index (χ3n) is 4.58. The summed E-state index contributed by atoms with van der Waals surface area (Å²) in [6.07, 6.45) is 3.34. The average molecular weight is 432 g/mol. The number of anilines is 1. The second kappa shape index (κ2) is 9.61. The van der Waals surface area contributed by atoms with Crippen LogP contribution in [-0.2, 0) is 11.3 Å². The van der Waals surface area contributed by atoms with Gasteiger partial charge in [0.25, 0.3) is 5.91 Å². The molecule has 1 aliphatic heterocycles. The molecular weight excluding hydrogens is 412 g/mol. The minimum atomic E-state index is -0.465. The summed E-state index contributed by atoms with van der Waals surface area (Å²) in [5, 5.41) is 5.84. The highest BCUT2D eigenvalue weighted by Gasteiger charge is 2.17. The van der Waals surface area contributed by atoms with Crippen LogP contribution in [-0.4, -0.2) is 36.7 Å². The molecule has 2 aromatic carbocycles. The molecule has 1 amide bonds.